The first-order valence-electron chi connectivity index (χ1n) is 9.28. The minimum absolute atomic E-state index is 0.0465. The van der Waals surface area contributed by atoms with Crippen molar-refractivity contribution >= 4 is 23.5 Å². The Kier molecular flexibility index (Phi) is 4.81. The number of nitrogens with zero attached hydrogens (tertiary/aromatic N) is 2. The highest BCUT2D eigenvalue weighted by molar-refractivity contribution is 8.00. The average molecular weight is 398 g/mol. The normalized spacial score (nSPS) is 24.0. The van der Waals surface area contributed by atoms with Crippen LogP contribution in [0.4, 0.5) is 5.82 Å². The van der Waals surface area contributed by atoms with E-state index in [1.54, 1.807) is 12.1 Å². The molecule has 2 N–H and O–H groups in total. The molecule has 1 aromatic carbocycles. The van der Waals surface area contributed by atoms with Crippen molar-refractivity contribution < 1.29 is 9.53 Å². The van der Waals surface area contributed by atoms with Gasteiger partial charge in [0, 0.05) is 6.61 Å². The highest BCUT2D eigenvalue weighted by Crippen LogP contribution is 2.42. The Morgan fingerprint density at radius 2 is 2.04 bits per heavy atom. The lowest BCUT2D eigenvalue weighted by molar-refractivity contribution is -0.113. The van der Waals surface area contributed by atoms with Crippen LogP contribution in [0.5, 0.6) is 0 Å². The summed E-state index contributed by atoms with van der Waals surface area (Å²) in [7, 11) is 0. The molecule has 0 radical (unpaired) electrons. The molecule has 2 atom stereocenters. The smallest absolute Gasteiger partial charge is 0.270 e. The number of rotatable bonds is 2. The highest BCUT2D eigenvalue weighted by atomic mass is 32.2. The van der Waals surface area contributed by atoms with E-state index < -0.39 is 0 Å². The number of hydrogen-bond donors (Lipinski definition) is 2. The Morgan fingerprint density at radius 1 is 1.29 bits per heavy atom. The van der Waals surface area contributed by atoms with E-state index in [1.807, 2.05) is 30.7 Å². The average Bonchev–Trinajstić information content (AvgIpc) is 2.87. The maximum Gasteiger partial charge on any atom is 0.270 e. The van der Waals surface area contributed by atoms with Gasteiger partial charge in [0.05, 0.1) is 39.8 Å². The Bertz CT molecular complexity index is 1000. The Morgan fingerprint density at radius 3 is 2.71 bits per heavy atom. The molecule has 0 spiro atoms. The molecule has 3 heterocycles. The summed E-state index contributed by atoms with van der Waals surface area (Å²) < 4.78 is 7.62. The molecule has 0 unspecified atom stereocenters. The topological polar surface area (TPSA) is 99.9 Å². The van der Waals surface area contributed by atoms with Gasteiger partial charge in [-0.05, 0) is 44.4 Å². The van der Waals surface area contributed by atoms with Crippen LogP contribution in [0, 0.1) is 11.3 Å². The molecule has 1 aromatic heterocycles. The number of anilines is 1. The number of amides is 1. The molecule has 2 aromatic rings. The van der Waals surface area contributed by atoms with E-state index in [2.05, 4.69) is 16.5 Å². The van der Waals surface area contributed by atoms with Crippen molar-refractivity contribution in [1.29, 1.82) is 5.26 Å². The summed E-state index contributed by atoms with van der Waals surface area (Å²) in [5.74, 6) is 0.691. The van der Waals surface area contributed by atoms with Crippen LogP contribution >= 0.6 is 11.8 Å². The van der Waals surface area contributed by atoms with Gasteiger partial charge in [-0.2, -0.15) is 5.26 Å². The summed E-state index contributed by atoms with van der Waals surface area (Å²) in [6.07, 6.45) is 1.51. The fourth-order valence-corrected chi connectivity index (χ4v) is 5.06. The van der Waals surface area contributed by atoms with E-state index in [-0.39, 0.29) is 34.1 Å². The van der Waals surface area contributed by atoms with Crippen LogP contribution in [-0.4, -0.2) is 33.6 Å². The largest absolute Gasteiger partial charge is 0.375 e. The number of nitriles is 1. The van der Waals surface area contributed by atoms with Gasteiger partial charge in [0.2, 0.25) is 5.91 Å². The lowest BCUT2D eigenvalue weighted by Crippen LogP contribution is -2.36. The van der Waals surface area contributed by atoms with E-state index in [9.17, 15) is 9.59 Å². The molecule has 0 saturated carbocycles. The van der Waals surface area contributed by atoms with Crippen molar-refractivity contribution in [3.8, 4) is 6.07 Å². The van der Waals surface area contributed by atoms with Crippen molar-refractivity contribution in [2.45, 2.75) is 43.6 Å². The minimum atomic E-state index is -0.285. The van der Waals surface area contributed by atoms with Gasteiger partial charge in [-0.3, -0.25) is 19.4 Å². The lowest BCUT2D eigenvalue weighted by Gasteiger charge is -2.36. The van der Waals surface area contributed by atoms with Crippen molar-refractivity contribution in [1.82, 2.24) is 9.78 Å². The van der Waals surface area contributed by atoms with Gasteiger partial charge in [0.15, 0.2) is 0 Å². The zero-order chi connectivity index (χ0) is 19.9. The molecule has 28 heavy (non-hydrogen) atoms. The summed E-state index contributed by atoms with van der Waals surface area (Å²) >= 11 is 1.42. The fraction of sp³-hybridized carbons (Fsp3) is 0.450. The molecule has 146 valence electrons. The number of benzene rings is 1. The monoisotopic (exact) mass is 398 g/mol. The molecule has 1 fully saturated rings. The minimum Gasteiger partial charge on any atom is -0.375 e. The van der Waals surface area contributed by atoms with Gasteiger partial charge >= 0.3 is 0 Å². The van der Waals surface area contributed by atoms with E-state index >= 15 is 0 Å². The molecule has 1 saturated heterocycles. The van der Waals surface area contributed by atoms with Crippen LogP contribution in [-0.2, 0) is 9.53 Å². The zero-order valence-corrected chi connectivity index (χ0v) is 16.6. The number of ether oxygens (including phenoxy) is 1. The van der Waals surface area contributed by atoms with E-state index in [1.165, 1.54) is 11.8 Å². The van der Waals surface area contributed by atoms with Crippen LogP contribution < -0.4 is 10.9 Å². The summed E-state index contributed by atoms with van der Waals surface area (Å²) in [5.41, 5.74) is 1.55. The molecule has 1 amide bonds. The molecule has 0 bridgehead atoms. The quantitative estimate of drug-likeness (QED) is 0.810. The van der Waals surface area contributed by atoms with Crippen molar-refractivity contribution in [2.75, 3.05) is 17.7 Å². The predicted octanol–water partition coefficient (Wildman–Crippen LogP) is 2.95. The SMILES string of the molecule is CC1(C)C[C@@H](n2[nH]c(=O)c3c2NC(=O)CS[C@H]3c2ccc(C#N)cc2)CCO1. The Balaban J connectivity index is 1.79. The van der Waals surface area contributed by atoms with E-state index in [4.69, 9.17) is 10.00 Å². The van der Waals surface area contributed by atoms with Crippen LogP contribution in [0.15, 0.2) is 29.1 Å². The number of thioether (sulfide) groups is 1. The van der Waals surface area contributed by atoms with Crippen molar-refractivity contribution in [2.24, 2.45) is 0 Å². The van der Waals surface area contributed by atoms with E-state index in [0.29, 0.717) is 23.6 Å². The second-order valence-electron chi connectivity index (χ2n) is 7.80. The maximum atomic E-state index is 12.9. The van der Waals surface area contributed by atoms with Crippen LogP contribution in [0.1, 0.15) is 54.7 Å². The van der Waals surface area contributed by atoms with Crippen LogP contribution in [0.3, 0.4) is 0 Å². The first-order valence-corrected chi connectivity index (χ1v) is 10.3. The number of aromatic amines is 1. The second kappa shape index (κ2) is 7.15. The first kappa shape index (κ1) is 18.8. The van der Waals surface area contributed by atoms with Crippen molar-refractivity contribution in [3.05, 3.63) is 51.3 Å². The first-order chi connectivity index (χ1) is 13.4. The number of nitrogens with one attached hydrogen (secondary N) is 2. The van der Waals surface area contributed by atoms with Gasteiger partial charge in [0.1, 0.15) is 5.82 Å². The maximum absolute atomic E-state index is 12.9. The van der Waals surface area contributed by atoms with Crippen LogP contribution in [0.25, 0.3) is 0 Å². The summed E-state index contributed by atoms with van der Waals surface area (Å²) in [4.78, 5) is 25.3. The number of hydrogen-bond acceptors (Lipinski definition) is 5. The van der Waals surface area contributed by atoms with Crippen molar-refractivity contribution in [3.63, 3.8) is 0 Å². The van der Waals surface area contributed by atoms with Gasteiger partial charge in [-0.15, -0.1) is 11.8 Å². The number of H-pyrrole nitrogens is 1. The number of carbonyl (C=O) groups is 1. The number of aromatic nitrogens is 2. The Labute approximate surface area is 167 Å². The predicted molar refractivity (Wildman–Crippen MR) is 107 cm³/mol. The summed E-state index contributed by atoms with van der Waals surface area (Å²) in [6.45, 7) is 4.68. The van der Waals surface area contributed by atoms with Gasteiger partial charge in [-0.25, -0.2) is 0 Å². The Hall–Kier alpha value is -2.50. The molecule has 7 nitrogen and oxygen atoms in total. The molecular formula is C20H22N4O3S. The molecule has 2 aliphatic heterocycles. The number of carbonyl (C=O) groups excluding carboxylic acids is 1. The zero-order valence-electron chi connectivity index (χ0n) is 15.8. The number of fused-ring (bicyclic) bond motifs is 1. The van der Waals surface area contributed by atoms with Gasteiger partial charge < -0.3 is 10.1 Å². The van der Waals surface area contributed by atoms with E-state index in [0.717, 1.165) is 18.4 Å². The molecule has 4 rings (SSSR count). The standard InChI is InChI=1S/C20H22N4O3S/c1-20(2)9-14(7-8-27-20)24-18-16(19(26)23-24)17(28-11-15(25)22-18)13-5-3-12(10-21)4-6-13/h3-6,14,17H,7-9,11H2,1-2H3,(H,22,25)(H,23,26)/t14-,17-/m0/s1. The van der Waals surface area contributed by atoms with Gasteiger partial charge in [0.25, 0.3) is 5.56 Å². The second-order valence-corrected chi connectivity index (χ2v) is 8.89. The summed E-state index contributed by atoms with van der Waals surface area (Å²) in [5, 5.41) is 14.6. The fourth-order valence-electron chi connectivity index (χ4n) is 3.93. The third-order valence-corrected chi connectivity index (χ3v) is 6.51. The molecular weight excluding hydrogens is 376 g/mol. The van der Waals surface area contributed by atoms with Gasteiger partial charge in [-0.1, -0.05) is 12.1 Å². The molecule has 0 aliphatic carbocycles. The third kappa shape index (κ3) is 3.48. The van der Waals surface area contributed by atoms with Crippen LogP contribution in [0.2, 0.25) is 0 Å². The molecule has 8 heteroatoms. The molecule has 2 aliphatic rings. The highest BCUT2D eigenvalue weighted by Gasteiger charge is 2.35. The lowest BCUT2D eigenvalue weighted by atomic mass is 9.94. The third-order valence-electron chi connectivity index (χ3n) is 5.24. The summed E-state index contributed by atoms with van der Waals surface area (Å²) in [6, 6.07) is 9.33.